The Morgan fingerprint density at radius 3 is 2.27 bits per heavy atom. The normalized spacial score (nSPS) is 13.6. The molecular weight excluding hydrogens is 631 g/mol. The largest absolute Gasteiger partial charge is 0.469 e. The van der Waals surface area contributed by atoms with Gasteiger partial charge in [-0.25, -0.2) is 9.67 Å². The van der Waals surface area contributed by atoms with Gasteiger partial charge in [0.25, 0.3) is 12.3 Å². The second kappa shape index (κ2) is 17.8. The van der Waals surface area contributed by atoms with Crippen molar-refractivity contribution >= 4 is 23.3 Å². The number of amides is 2. The van der Waals surface area contributed by atoms with E-state index in [1.54, 1.807) is 30.3 Å². The molecule has 1 unspecified atom stereocenters. The molecule has 11 nitrogen and oxygen atoms in total. The van der Waals surface area contributed by atoms with Crippen LogP contribution in [0, 0.1) is 17.8 Å². The van der Waals surface area contributed by atoms with E-state index in [1.165, 1.54) is 26.0 Å². The number of aliphatic hydroxyl groups excluding tert-OH is 1. The summed E-state index contributed by atoms with van der Waals surface area (Å²) in [6, 6.07) is 15.1. The molecule has 3 N–H and O–H groups in total. The highest BCUT2D eigenvalue weighted by atomic mass is 19.4. The molecule has 0 aliphatic rings. The zero-order valence-electron chi connectivity index (χ0n) is 27.0. The molecule has 0 saturated heterocycles. The van der Waals surface area contributed by atoms with E-state index in [9.17, 15) is 32.7 Å². The van der Waals surface area contributed by atoms with Crippen LogP contribution in [0.2, 0.25) is 0 Å². The van der Waals surface area contributed by atoms with Crippen molar-refractivity contribution in [1.29, 1.82) is 0 Å². The average Bonchev–Trinajstić information content (AvgIpc) is 3.50. The van der Waals surface area contributed by atoms with Gasteiger partial charge < -0.3 is 25.2 Å². The SMILES string of the molecule is CC#C[C@H](NC(=O)[C@H](C)NC(=O)/C(CCC(C)C)=N/C(O)OCc1ccccc1)C(=O)COc1cc(C(F)(F)F)nn1-c1ccccc1. The summed E-state index contributed by atoms with van der Waals surface area (Å²) >= 11 is 0. The predicted molar refractivity (Wildman–Crippen MR) is 171 cm³/mol. The first-order chi connectivity index (χ1) is 22.8. The van der Waals surface area contributed by atoms with Crippen LogP contribution >= 0.6 is 0 Å². The van der Waals surface area contributed by atoms with E-state index in [4.69, 9.17) is 9.47 Å². The Labute approximate surface area is 276 Å². The third-order valence-electron chi connectivity index (χ3n) is 6.70. The van der Waals surface area contributed by atoms with E-state index in [-0.39, 0.29) is 36.2 Å². The molecule has 0 bridgehead atoms. The van der Waals surface area contributed by atoms with E-state index in [0.29, 0.717) is 12.5 Å². The summed E-state index contributed by atoms with van der Waals surface area (Å²) in [6.07, 6.45) is -5.64. The summed E-state index contributed by atoms with van der Waals surface area (Å²) in [5, 5.41) is 18.9. The van der Waals surface area contributed by atoms with Gasteiger partial charge in [-0.05, 0) is 50.3 Å². The third-order valence-corrected chi connectivity index (χ3v) is 6.70. The molecule has 0 fully saturated rings. The maximum Gasteiger partial charge on any atom is 0.435 e. The molecule has 3 aromatic rings. The molecule has 2 amide bonds. The van der Waals surface area contributed by atoms with Gasteiger partial charge in [0.1, 0.15) is 11.8 Å². The van der Waals surface area contributed by atoms with Gasteiger partial charge in [-0.1, -0.05) is 68.3 Å². The Balaban J connectivity index is 1.66. The van der Waals surface area contributed by atoms with Gasteiger partial charge in [0.15, 0.2) is 18.3 Å². The topological polar surface area (TPSA) is 144 Å². The highest BCUT2D eigenvalue weighted by Gasteiger charge is 2.36. The standard InChI is InChI=1S/C34H38F3N5O6/c1-5-12-26(28(43)21-47-30-19-29(34(35,36)37)41-42(30)25-15-10-7-11-16-25)39-31(44)23(4)38-32(45)27(18-17-22(2)3)40-33(46)48-20-24-13-8-6-9-14-24/h6-11,13-16,19,22-23,26,33,46H,17-18,20-21H2,1-4H3,(H,38,45)(H,39,44)/b40-27+/t23-,26-,33?/m0/s1. The number of nitrogens with zero attached hydrogens (tertiary/aromatic N) is 3. The fraction of sp³-hybridized carbons (Fsp3) is 0.382. The molecule has 0 aliphatic carbocycles. The zero-order chi connectivity index (χ0) is 35.3. The number of rotatable bonds is 16. The average molecular weight is 670 g/mol. The number of aromatic nitrogens is 2. The number of aliphatic imine (C=N–C) groups is 1. The first-order valence-electron chi connectivity index (χ1n) is 15.1. The number of Topliss-reactive ketones (excluding diaryl/α,β-unsaturated/α-hetero) is 1. The number of carbonyl (C=O) groups is 3. The Hall–Kier alpha value is -5.00. The number of benzene rings is 2. The Bertz CT molecular complexity index is 1610. The Kier molecular flexibility index (Phi) is 13.9. The van der Waals surface area contributed by atoms with Gasteiger partial charge in [0, 0.05) is 6.07 Å². The van der Waals surface area contributed by atoms with Crippen LogP contribution in [0.15, 0.2) is 71.7 Å². The van der Waals surface area contributed by atoms with Crippen LogP contribution in [0.5, 0.6) is 5.88 Å². The minimum Gasteiger partial charge on any atom is -0.469 e. The Morgan fingerprint density at radius 1 is 1.02 bits per heavy atom. The maximum absolute atomic E-state index is 13.4. The lowest BCUT2D eigenvalue weighted by atomic mass is 10.0. The third kappa shape index (κ3) is 11.7. The van der Waals surface area contributed by atoms with E-state index in [1.807, 2.05) is 32.0 Å². The summed E-state index contributed by atoms with van der Waals surface area (Å²) < 4.78 is 51.9. The number of nitrogens with one attached hydrogen (secondary N) is 2. The van der Waals surface area contributed by atoms with Crippen LogP contribution in [0.4, 0.5) is 13.2 Å². The number of para-hydroxylation sites is 1. The number of aliphatic hydroxyl groups is 1. The van der Waals surface area contributed by atoms with Crippen LogP contribution in [-0.4, -0.2) is 63.3 Å². The van der Waals surface area contributed by atoms with Crippen LogP contribution < -0.4 is 15.4 Å². The maximum atomic E-state index is 13.4. The van der Waals surface area contributed by atoms with Gasteiger partial charge in [-0.15, -0.1) is 5.92 Å². The molecule has 1 heterocycles. The van der Waals surface area contributed by atoms with E-state index in [0.717, 1.165) is 10.2 Å². The first-order valence-corrected chi connectivity index (χ1v) is 15.1. The van der Waals surface area contributed by atoms with Crippen molar-refractivity contribution in [3.05, 3.63) is 78.0 Å². The minimum atomic E-state index is -4.76. The van der Waals surface area contributed by atoms with Crippen LogP contribution in [0.25, 0.3) is 5.69 Å². The summed E-state index contributed by atoms with van der Waals surface area (Å²) in [7, 11) is 0. The van der Waals surface area contributed by atoms with Gasteiger partial charge in [0.2, 0.25) is 17.6 Å². The van der Waals surface area contributed by atoms with Crippen LogP contribution in [0.1, 0.15) is 51.8 Å². The second-order valence-electron chi connectivity index (χ2n) is 11.0. The van der Waals surface area contributed by atoms with Gasteiger partial charge in [-0.2, -0.15) is 18.3 Å². The minimum absolute atomic E-state index is 0.0356. The predicted octanol–water partition coefficient (Wildman–Crippen LogP) is 4.22. The first kappa shape index (κ1) is 37.5. The van der Waals surface area contributed by atoms with Crippen molar-refractivity contribution in [3.63, 3.8) is 0 Å². The number of halogens is 3. The number of alkyl halides is 3. The molecule has 0 radical (unpaired) electrons. The van der Waals surface area contributed by atoms with E-state index in [2.05, 4.69) is 32.6 Å². The van der Waals surface area contributed by atoms with Crippen molar-refractivity contribution in [2.45, 2.75) is 71.8 Å². The molecule has 48 heavy (non-hydrogen) atoms. The number of hydrogen-bond acceptors (Lipinski definition) is 8. The molecule has 0 saturated carbocycles. The number of ether oxygens (including phenoxy) is 2. The second-order valence-corrected chi connectivity index (χ2v) is 11.0. The summed E-state index contributed by atoms with van der Waals surface area (Å²) in [4.78, 5) is 43.2. The lowest BCUT2D eigenvalue weighted by Gasteiger charge is -2.19. The molecule has 14 heteroatoms. The smallest absolute Gasteiger partial charge is 0.435 e. The molecular formula is C34H38F3N5O6. The van der Waals surface area contributed by atoms with Crippen LogP contribution in [0.3, 0.4) is 0 Å². The van der Waals surface area contributed by atoms with Crippen LogP contribution in [-0.2, 0) is 31.9 Å². The summed E-state index contributed by atoms with van der Waals surface area (Å²) in [6.45, 7) is 6.02. The van der Waals surface area contributed by atoms with Gasteiger partial charge in [0.05, 0.1) is 12.3 Å². The fourth-order valence-corrected chi connectivity index (χ4v) is 4.12. The lowest BCUT2D eigenvalue weighted by Crippen LogP contribution is -2.51. The van der Waals surface area contributed by atoms with Gasteiger partial charge >= 0.3 is 6.18 Å². The van der Waals surface area contributed by atoms with E-state index >= 15 is 0 Å². The lowest BCUT2D eigenvalue weighted by molar-refractivity contribution is -0.141. The quantitative estimate of drug-likeness (QED) is 0.118. The zero-order valence-corrected chi connectivity index (χ0v) is 27.0. The molecule has 0 spiro atoms. The Morgan fingerprint density at radius 2 is 1.67 bits per heavy atom. The highest BCUT2D eigenvalue weighted by Crippen LogP contribution is 2.32. The van der Waals surface area contributed by atoms with Crippen molar-refractivity contribution in [2.75, 3.05) is 6.61 Å². The molecule has 3 atom stereocenters. The highest BCUT2D eigenvalue weighted by molar-refractivity contribution is 6.39. The molecule has 0 aliphatic heterocycles. The monoisotopic (exact) mass is 669 g/mol. The number of ketones is 1. The van der Waals surface area contributed by atoms with Crippen molar-refractivity contribution in [1.82, 2.24) is 20.4 Å². The molecule has 3 rings (SSSR count). The summed E-state index contributed by atoms with van der Waals surface area (Å²) in [5.74, 6) is 2.68. The summed E-state index contributed by atoms with van der Waals surface area (Å²) in [5.41, 5.74) is -0.192. The van der Waals surface area contributed by atoms with Crippen molar-refractivity contribution < 1.29 is 42.1 Å². The molecule has 1 aromatic heterocycles. The molecule has 256 valence electrons. The van der Waals surface area contributed by atoms with E-state index < -0.39 is 54.6 Å². The number of carbonyl (C=O) groups excluding carboxylic acids is 3. The van der Waals surface area contributed by atoms with Gasteiger partial charge in [-0.3, -0.25) is 14.4 Å². The molecule has 2 aromatic carbocycles. The van der Waals surface area contributed by atoms with Crippen molar-refractivity contribution in [3.8, 4) is 23.4 Å². The fourth-order valence-electron chi connectivity index (χ4n) is 4.12. The number of hydrogen-bond donors (Lipinski definition) is 3. The van der Waals surface area contributed by atoms with Crippen molar-refractivity contribution in [2.24, 2.45) is 10.9 Å².